The molecule has 10 heteroatoms. The van der Waals surface area contributed by atoms with Crippen LogP contribution in [-0.2, 0) is 4.74 Å². The molecular formula is C19H21F2N5O3. The Morgan fingerprint density at radius 3 is 2.86 bits per heavy atom. The van der Waals surface area contributed by atoms with Gasteiger partial charge in [-0.3, -0.25) is 4.79 Å². The summed E-state index contributed by atoms with van der Waals surface area (Å²) in [5.74, 6) is 0.177. The highest BCUT2D eigenvalue weighted by molar-refractivity contribution is 6.03. The lowest BCUT2D eigenvalue weighted by Crippen LogP contribution is -2.15. The zero-order valence-electron chi connectivity index (χ0n) is 15.8. The molecule has 0 saturated carbocycles. The summed E-state index contributed by atoms with van der Waals surface area (Å²) in [5, 5.41) is 6.28. The van der Waals surface area contributed by atoms with Crippen molar-refractivity contribution < 1.29 is 23.0 Å². The highest BCUT2D eigenvalue weighted by Gasteiger charge is 2.21. The van der Waals surface area contributed by atoms with Gasteiger partial charge in [0.05, 0.1) is 12.3 Å². The number of aromatic nitrogens is 4. The van der Waals surface area contributed by atoms with Crippen LogP contribution in [-0.4, -0.2) is 44.9 Å². The summed E-state index contributed by atoms with van der Waals surface area (Å²) in [4.78, 5) is 17.2. The maximum absolute atomic E-state index is 12.7. The van der Waals surface area contributed by atoms with E-state index in [1.54, 1.807) is 12.3 Å². The zero-order chi connectivity index (χ0) is 20.4. The van der Waals surface area contributed by atoms with E-state index in [4.69, 9.17) is 14.5 Å². The average molecular weight is 405 g/mol. The molecule has 8 nitrogen and oxygen atoms in total. The van der Waals surface area contributed by atoms with Crippen molar-refractivity contribution in [3.05, 3.63) is 42.1 Å². The Morgan fingerprint density at radius 1 is 1.38 bits per heavy atom. The number of halogens is 2. The van der Waals surface area contributed by atoms with E-state index in [1.165, 1.54) is 6.07 Å². The minimum Gasteiger partial charge on any atom is -0.491 e. The van der Waals surface area contributed by atoms with E-state index >= 15 is 0 Å². The molecule has 0 spiro atoms. The van der Waals surface area contributed by atoms with Crippen LogP contribution in [0.4, 0.5) is 14.5 Å². The lowest BCUT2D eigenvalue weighted by atomic mass is 9.97. The number of nitrogens with zero attached hydrogens (tertiary/aromatic N) is 4. The number of carbonyl (C=O) groups is 1. The van der Waals surface area contributed by atoms with Gasteiger partial charge in [0.15, 0.2) is 5.69 Å². The fourth-order valence-corrected chi connectivity index (χ4v) is 3.35. The fraction of sp³-hybridized carbons (Fsp3) is 0.421. The van der Waals surface area contributed by atoms with Crippen molar-refractivity contribution in [3.8, 4) is 5.75 Å². The van der Waals surface area contributed by atoms with Crippen molar-refractivity contribution in [1.82, 2.24) is 19.2 Å². The largest absolute Gasteiger partial charge is 0.491 e. The van der Waals surface area contributed by atoms with Gasteiger partial charge in [0.2, 0.25) is 0 Å². The van der Waals surface area contributed by atoms with Crippen LogP contribution < -0.4 is 10.1 Å². The SMILES string of the molecule is CCOc1cc2nc(C3CCOCC3)cn2cc1NC(=O)c1ccn(C(F)F)n1. The number of hydrogen-bond acceptors (Lipinski definition) is 5. The van der Waals surface area contributed by atoms with Crippen molar-refractivity contribution in [2.45, 2.75) is 32.2 Å². The molecule has 3 aromatic heterocycles. The highest BCUT2D eigenvalue weighted by Crippen LogP contribution is 2.30. The van der Waals surface area contributed by atoms with Gasteiger partial charge in [-0.2, -0.15) is 13.9 Å². The van der Waals surface area contributed by atoms with Crippen LogP contribution in [0.1, 0.15) is 48.4 Å². The molecule has 4 heterocycles. The fourth-order valence-electron chi connectivity index (χ4n) is 3.35. The summed E-state index contributed by atoms with van der Waals surface area (Å²) in [7, 11) is 0. The maximum Gasteiger partial charge on any atom is 0.333 e. The minimum absolute atomic E-state index is 0.110. The van der Waals surface area contributed by atoms with E-state index in [2.05, 4.69) is 10.4 Å². The Labute approximate surface area is 165 Å². The van der Waals surface area contributed by atoms with Crippen LogP contribution in [0.5, 0.6) is 5.75 Å². The van der Waals surface area contributed by atoms with E-state index in [-0.39, 0.29) is 5.69 Å². The number of amides is 1. The van der Waals surface area contributed by atoms with E-state index in [0.29, 0.717) is 34.3 Å². The monoisotopic (exact) mass is 405 g/mol. The topological polar surface area (TPSA) is 82.7 Å². The standard InChI is InChI=1S/C19H21F2N5O3/c1-2-29-16-9-17-22-14(12-4-7-28-8-5-12)10-25(17)11-15(16)23-18(27)13-3-6-26(24-13)19(20)21/h3,6,9-12,19H,2,4-5,7-8H2,1H3,(H,23,27). The van der Waals surface area contributed by atoms with Crippen LogP contribution in [0.15, 0.2) is 30.7 Å². The molecule has 0 aliphatic carbocycles. The van der Waals surface area contributed by atoms with Gasteiger partial charge < -0.3 is 19.2 Å². The van der Waals surface area contributed by atoms with Crippen LogP contribution in [0.2, 0.25) is 0 Å². The van der Waals surface area contributed by atoms with Crippen molar-refractivity contribution in [2.24, 2.45) is 0 Å². The molecule has 29 heavy (non-hydrogen) atoms. The summed E-state index contributed by atoms with van der Waals surface area (Å²) in [6, 6.07) is 2.99. The van der Waals surface area contributed by atoms with Gasteiger partial charge in [-0.05, 0) is 25.8 Å². The number of hydrogen-bond donors (Lipinski definition) is 1. The van der Waals surface area contributed by atoms with Gasteiger partial charge in [-0.1, -0.05) is 0 Å². The molecule has 4 rings (SSSR count). The van der Waals surface area contributed by atoms with Gasteiger partial charge in [0.25, 0.3) is 5.91 Å². The van der Waals surface area contributed by atoms with Crippen molar-refractivity contribution in [3.63, 3.8) is 0 Å². The van der Waals surface area contributed by atoms with E-state index in [9.17, 15) is 13.6 Å². The Kier molecular flexibility index (Phi) is 5.43. The number of alkyl halides is 2. The van der Waals surface area contributed by atoms with Crippen molar-refractivity contribution in [2.75, 3.05) is 25.1 Å². The first-order valence-electron chi connectivity index (χ1n) is 9.43. The zero-order valence-corrected chi connectivity index (χ0v) is 15.8. The normalized spacial score (nSPS) is 15.2. The maximum atomic E-state index is 12.7. The van der Waals surface area contributed by atoms with E-state index in [0.717, 1.165) is 37.9 Å². The Bertz CT molecular complexity index is 1010. The molecule has 1 amide bonds. The molecule has 0 unspecified atom stereocenters. The number of imidazole rings is 1. The number of ether oxygens (including phenoxy) is 2. The predicted octanol–water partition coefficient (Wildman–Crippen LogP) is 3.47. The predicted molar refractivity (Wildman–Crippen MR) is 101 cm³/mol. The van der Waals surface area contributed by atoms with Crippen molar-refractivity contribution in [1.29, 1.82) is 0 Å². The molecular weight excluding hydrogens is 384 g/mol. The van der Waals surface area contributed by atoms with Gasteiger partial charge in [-0.25, -0.2) is 9.67 Å². The van der Waals surface area contributed by atoms with Crippen molar-refractivity contribution >= 4 is 17.2 Å². The third kappa shape index (κ3) is 4.07. The van der Waals surface area contributed by atoms with E-state index in [1.807, 2.05) is 17.5 Å². The first kappa shape index (κ1) is 19.3. The van der Waals surface area contributed by atoms with Crippen LogP contribution in [0.3, 0.4) is 0 Å². The number of rotatable bonds is 6. The number of pyridine rings is 1. The molecule has 3 aromatic rings. The number of nitrogens with one attached hydrogen (secondary N) is 1. The minimum atomic E-state index is -2.80. The molecule has 0 aromatic carbocycles. The first-order valence-corrected chi connectivity index (χ1v) is 9.43. The second-order valence-corrected chi connectivity index (χ2v) is 6.72. The highest BCUT2D eigenvalue weighted by atomic mass is 19.3. The Balaban J connectivity index is 1.62. The van der Waals surface area contributed by atoms with E-state index < -0.39 is 12.5 Å². The first-order chi connectivity index (χ1) is 14.0. The molecule has 1 saturated heterocycles. The molecule has 0 radical (unpaired) electrons. The Hall–Kier alpha value is -3.01. The third-order valence-corrected chi connectivity index (χ3v) is 4.80. The molecule has 1 N–H and O–H groups in total. The summed E-state index contributed by atoms with van der Waals surface area (Å²) < 4.78 is 38.7. The van der Waals surface area contributed by atoms with Gasteiger partial charge in [0, 0.05) is 43.8 Å². The number of fused-ring (bicyclic) bond motifs is 1. The summed E-state index contributed by atoms with van der Waals surface area (Å²) in [5.41, 5.74) is 1.97. The average Bonchev–Trinajstić information content (AvgIpc) is 3.36. The number of carbonyl (C=O) groups excluding carboxylic acids is 1. The summed E-state index contributed by atoms with van der Waals surface area (Å²) in [6.45, 7) is 0.859. The second-order valence-electron chi connectivity index (χ2n) is 6.72. The van der Waals surface area contributed by atoms with Crippen LogP contribution in [0, 0.1) is 0 Å². The molecule has 0 atom stereocenters. The quantitative estimate of drug-likeness (QED) is 0.679. The third-order valence-electron chi connectivity index (χ3n) is 4.80. The molecule has 1 aliphatic rings. The Morgan fingerprint density at radius 2 is 2.17 bits per heavy atom. The van der Waals surface area contributed by atoms with Gasteiger partial charge in [0.1, 0.15) is 17.1 Å². The summed E-state index contributed by atoms with van der Waals surface area (Å²) in [6.07, 6.45) is 6.53. The second kappa shape index (κ2) is 8.16. The lowest BCUT2D eigenvalue weighted by Gasteiger charge is -2.19. The molecule has 154 valence electrons. The molecule has 1 aliphatic heterocycles. The van der Waals surface area contributed by atoms with Gasteiger partial charge >= 0.3 is 6.55 Å². The number of anilines is 1. The molecule has 1 fully saturated rings. The van der Waals surface area contributed by atoms with Crippen LogP contribution >= 0.6 is 0 Å². The lowest BCUT2D eigenvalue weighted by molar-refractivity contribution is 0.0561. The van der Waals surface area contributed by atoms with Gasteiger partial charge in [-0.15, -0.1) is 0 Å². The molecule has 0 bridgehead atoms. The van der Waals surface area contributed by atoms with Crippen LogP contribution in [0.25, 0.3) is 5.65 Å². The smallest absolute Gasteiger partial charge is 0.333 e. The summed E-state index contributed by atoms with van der Waals surface area (Å²) >= 11 is 0.